The third-order valence-electron chi connectivity index (χ3n) is 2.55. The molecule has 0 N–H and O–H groups in total. The molecule has 3 nitrogen and oxygen atoms in total. The highest BCUT2D eigenvalue weighted by Crippen LogP contribution is 2.24. The van der Waals surface area contributed by atoms with Crippen molar-refractivity contribution in [1.82, 2.24) is 4.98 Å². The highest BCUT2D eigenvalue weighted by Gasteiger charge is 2.04. The summed E-state index contributed by atoms with van der Waals surface area (Å²) in [5.41, 5.74) is 1.19. The van der Waals surface area contributed by atoms with Crippen molar-refractivity contribution in [3.8, 4) is 11.8 Å². The third-order valence-corrected chi connectivity index (χ3v) is 2.55. The minimum absolute atomic E-state index is 0.420. The molecule has 0 unspecified atom stereocenters. The zero-order valence-electron chi connectivity index (χ0n) is 9.81. The number of unbranched alkanes of at least 4 members (excludes halogenated alkanes) is 1. The molecular weight excluding hydrogens is 212 g/mol. The van der Waals surface area contributed by atoms with Gasteiger partial charge >= 0.3 is 0 Å². The minimum Gasteiger partial charge on any atom is -0.491 e. The zero-order valence-corrected chi connectivity index (χ0v) is 9.81. The van der Waals surface area contributed by atoms with Crippen molar-refractivity contribution in [3.05, 3.63) is 36.0 Å². The first kappa shape index (κ1) is 11.4. The van der Waals surface area contributed by atoms with E-state index in [1.54, 1.807) is 6.07 Å². The number of benzene rings is 1. The number of nitriles is 1. The maximum atomic E-state index is 8.85. The van der Waals surface area contributed by atoms with Crippen LogP contribution in [0.25, 0.3) is 10.9 Å². The van der Waals surface area contributed by atoms with Gasteiger partial charge in [0.25, 0.3) is 0 Å². The summed E-state index contributed by atoms with van der Waals surface area (Å²) in [6.07, 6.45) is 2.12. The fourth-order valence-electron chi connectivity index (χ4n) is 1.63. The Hall–Kier alpha value is -2.08. The van der Waals surface area contributed by atoms with Crippen molar-refractivity contribution < 1.29 is 4.74 Å². The van der Waals surface area contributed by atoms with Crippen molar-refractivity contribution in [2.24, 2.45) is 0 Å². The van der Waals surface area contributed by atoms with Crippen LogP contribution in [0.5, 0.6) is 5.75 Å². The lowest BCUT2D eigenvalue weighted by Gasteiger charge is -2.08. The van der Waals surface area contributed by atoms with Crippen LogP contribution >= 0.6 is 0 Å². The Balaban J connectivity index is 2.37. The molecule has 1 aromatic heterocycles. The SMILES string of the molecule is CCCCOc1cccc2ccc(C#N)nc12. The van der Waals surface area contributed by atoms with Gasteiger partial charge in [-0.25, -0.2) is 4.98 Å². The van der Waals surface area contributed by atoms with Gasteiger partial charge in [-0.1, -0.05) is 25.5 Å². The van der Waals surface area contributed by atoms with E-state index < -0.39 is 0 Å². The summed E-state index contributed by atoms with van der Waals surface area (Å²) in [6, 6.07) is 11.5. The van der Waals surface area contributed by atoms with E-state index in [9.17, 15) is 0 Å². The van der Waals surface area contributed by atoms with E-state index in [2.05, 4.69) is 11.9 Å². The van der Waals surface area contributed by atoms with Crippen molar-refractivity contribution in [2.75, 3.05) is 6.61 Å². The molecule has 1 heterocycles. The molecule has 2 rings (SSSR count). The van der Waals surface area contributed by atoms with Crippen LogP contribution in [-0.2, 0) is 0 Å². The van der Waals surface area contributed by atoms with Gasteiger partial charge in [-0.05, 0) is 24.6 Å². The summed E-state index contributed by atoms with van der Waals surface area (Å²) in [4.78, 5) is 4.29. The van der Waals surface area contributed by atoms with Crippen LogP contribution in [0.15, 0.2) is 30.3 Å². The molecule has 0 saturated carbocycles. The normalized spacial score (nSPS) is 10.1. The molecule has 0 atom stereocenters. The highest BCUT2D eigenvalue weighted by atomic mass is 16.5. The van der Waals surface area contributed by atoms with E-state index in [-0.39, 0.29) is 0 Å². The second kappa shape index (κ2) is 5.31. The van der Waals surface area contributed by atoms with Gasteiger partial charge < -0.3 is 4.74 Å². The Kier molecular flexibility index (Phi) is 3.56. The van der Waals surface area contributed by atoms with Crippen molar-refractivity contribution in [1.29, 1.82) is 5.26 Å². The molecule has 1 aromatic carbocycles. The molecule has 3 heteroatoms. The Labute approximate surface area is 101 Å². The van der Waals surface area contributed by atoms with E-state index in [1.807, 2.05) is 30.3 Å². The molecule has 2 aromatic rings. The summed E-state index contributed by atoms with van der Waals surface area (Å²) >= 11 is 0. The van der Waals surface area contributed by atoms with Gasteiger partial charge in [-0.2, -0.15) is 5.26 Å². The average molecular weight is 226 g/mol. The molecule has 0 spiro atoms. The van der Waals surface area contributed by atoms with Crippen LogP contribution in [-0.4, -0.2) is 11.6 Å². The van der Waals surface area contributed by atoms with E-state index >= 15 is 0 Å². The van der Waals surface area contributed by atoms with Crippen molar-refractivity contribution in [2.45, 2.75) is 19.8 Å². The first-order valence-corrected chi connectivity index (χ1v) is 5.78. The van der Waals surface area contributed by atoms with E-state index in [4.69, 9.17) is 10.00 Å². The lowest BCUT2D eigenvalue weighted by molar-refractivity contribution is 0.312. The predicted molar refractivity (Wildman–Crippen MR) is 66.9 cm³/mol. The quantitative estimate of drug-likeness (QED) is 0.751. The number of pyridine rings is 1. The molecule has 0 radical (unpaired) electrons. The van der Waals surface area contributed by atoms with Crippen molar-refractivity contribution >= 4 is 10.9 Å². The number of para-hydroxylation sites is 1. The Morgan fingerprint density at radius 2 is 2.18 bits per heavy atom. The van der Waals surface area contributed by atoms with E-state index in [1.165, 1.54) is 0 Å². The number of aromatic nitrogens is 1. The lowest BCUT2D eigenvalue weighted by Crippen LogP contribution is -1.98. The number of hydrogen-bond acceptors (Lipinski definition) is 3. The molecule has 0 amide bonds. The number of ether oxygens (including phenoxy) is 1. The van der Waals surface area contributed by atoms with Crippen LogP contribution < -0.4 is 4.74 Å². The van der Waals surface area contributed by atoms with Crippen LogP contribution in [0, 0.1) is 11.3 Å². The van der Waals surface area contributed by atoms with Crippen molar-refractivity contribution in [3.63, 3.8) is 0 Å². The Morgan fingerprint density at radius 1 is 1.29 bits per heavy atom. The molecule has 0 saturated heterocycles. The second-order valence-electron chi connectivity index (χ2n) is 3.84. The minimum atomic E-state index is 0.420. The molecular formula is C14H14N2O. The molecule has 0 aliphatic heterocycles. The molecule has 0 aliphatic rings. The molecule has 86 valence electrons. The zero-order chi connectivity index (χ0) is 12.1. The number of rotatable bonds is 4. The molecule has 0 aliphatic carbocycles. The largest absolute Gasteiger partial charge is 0.491 e. The van der Waals surface area contributed by atoms with Crippen LogP contribution in [0.1, 0.15) is 25.5 Å². The molecule has 17 heavy (non-hydrogen) atoms. The topological polar surface area (TPSA) is 45.9 Å². The molecule has 0 bridgehead atoms. The number of fused-ring (bicyclic) bond motifs is 1. The van der Waals surface area contributed by atoms with Gasteiger partial charge in [0, 0.05) is 5.39 Å². The first-order chi connectivity index (χ1) is 8.35. The monoisotopic (exact) mass is 226 g/mol. The molecule has 0 fully saturated rings. The summed E-state index contributed by atoms with van der Waals surface area (Å²) < 4.78 is 5.69. The summed E-state index contributed by atoms with van der Waals surface area (Å²) in [6.45, 7) is 2.81. The standard InChI is InChI=1S/C14H14N2O/c1-2-3-9-17-13-6-4-5-11-7-8-12(10-15)16-14(11)13/h4-8H,2-3,9H2,1H3. The first-order valence-electron chi connectivity index (χ1n) is 5.78. The average Bonchev–Trinajstić information content (AvgIpc) is 2.39. The van der Waals surface area contributed by atoms with Gasteiger partial charge in [0.1, 0.15) is 23.0 Å². The van der Waals surface area contributed by atoms with Gasteiger partial charge in [0.05, 0.1) is 6.61 Å². The predicted octanol–water partition coefficient (Wildman–Crippen LogP) is 3.29. The summed E-state index contributed by atoms with van der Waals surface area (Å²) in [5, 5.41) is 9.85. The van der Waals surface area contributed by atoms with Crippen LogP contribution in [0.4, 0.5) is 0 Å². The van der Waals surface area contributed by atoms with Gasteiger partial charge in [-0.15, -0.1) is 0 Å². The van der Waals surface area contributed by atoms with E-state index in [0.29, 0.717) is 12.3 Å². The number of nitrogens with zero attached hydrogens (tertiary/aromatic N) is 2. The van der Waals surface area contributed by atoms with Gasteiger partial charge in [0.15, 0.2) is 0 Å². The summed E-state index contributed by atoms with van der Waals surface area (Å²) in [7, 11) is 0. The van der Waals surface area contributed by atoms with Gasteiger partial charge in [0.2, 0.25) is 0 Å². The smallest absolute Gasteiger partial charge is 0.145 e. The fraction of sp³-hybridized carbons (Fsp3) is 0.286. The lowest BCUT2D eigenvalue weighted by atomic mass is 10.2. The maximum absolute atomic E-state index is 8.85. The Morgan fingerprint density at radius 3 is 2.94 bits per heavy atom. The number of hydrogen-bond donors (Lipinski definition) is 0. The summed E-state index contributed by atoms with van der Waals surface area (Å²) in [5.74, 6) is 0.757. The van der Waals surface area contributed by atoms with Crippen LogP contribution in [0.2, 0.25) is 0 Å². The highest BCUT2D eigenvalue weighted by molar-refractivity contribution is 5.84. The van der Waals surface area contributed by atoms with Gasteiger partial charge in [-0.3, -0.25) is 0 Å². The fourth-order valence-corrected chi connectivity index (χ4v) is 1.63. The second-order valence-corrected chi connectivity index (χ2v) is 3.84. The third kappa shape index (κ3) is 2.54. The van der Waals surface area contributed by atoms with Crippen LogP contribution in [0.3, 0.4) is 0 Å². The Bertz CT molecular complexity index is 558. The van der Waals surface area contributed by atoms with E-state index in [0.717, 1.165) is 29.5 Å². The maximum Gasteiger partial charge on any atom is 0.145 e.